The van der Waals surface area contributed by atoms with Gasteiger partial charge in [0, 0.05) is 13.0 Å². The lowest BCUT2D eigenvalue weighted by Gasteiger charge is -2.16. The molecule has 2 N–H and O–H groups in total. The van der Waals surface area contributed by atoms with Crippen molar-refractivity contribution in [1.29, 1.82) is 0 Å². The molecular weight excluding hydrogens is 234 g/mol. The van der Waals surface area contributed by atoms with Gasteiger partial charge in [-0.05, 0) is 12.0 Å². The minimum atomic E-state index is -0.803. The second-order valence-corrected chi connectivity index (χ2v) is 3.76. The van der Waals surface area contributed by atoms with Crippen LogP contribution in [0, 0.1) is 0 Å². The molecular formula is C13H17NO4. The van der Waals surface area contributed by atoms with E-state index in [0.29, 0.717) is 12.0 Å². The number of carbonyl (C=O) groups excluding carboxylic acids is 2. The maximum absolute atomic E-state index is 11.6. The number of aliphatic hydroxyl groups excluding tert-OH is 1. The van der Waals surface area contributed by atoms with Crippen LogP contribution in [0.25, 0.3) is 0 Å². The van der Waals surface area contributed by atoms with Crippen molar-refractivity contribution >= 4 is 11.9 Å². The SMILES string of the molecule is COC(=O)C(NC(=O)CCCO)c1ccccc1. The highest BCUT2D eigenvalue weighted by molar-refractivity contribution is 5.85. The Hall–Kier alpha value is -1.88. The van der Waals surface area contributed by atoms with Gasteiger partial charge in [0.25, 0.3) is 0 Å². The Labute approximate surface area is 106 Å². The number of methoxy groups -OCH3 is 1. The molecule has 5 nitrogen and oxygen atoms in total. The molecule has 1 aromatic rings. The molecule has 18 heavy (non-hydrogen) atoms. The minimum absolute atomic E-state index is 0.0539. The average Bonchev–Trinajstić information content (AvgIpc) is 2.42. The van der Waals surface area contributed by atoms with Gasteiger partial charge < -0.3 is 15.2 Å². The van der Waals surface area contributed by atoms with Crippen LogP contribution >= 0.6 is 0 Å². The summed E-state index contributed by atoms with van der Waals surface area (Å²) in [7, 11) is 1.28. The smallest absolute Gasteiger partial charge is 0.333 e. The van der Waals surface area contributed by atoms with Gasteiger partial charge in [-0.25, -0.2) is 4.79 Å². The van der Waals surface area contributed by atoms with Gasteiger partial charge in [0.15, 0.2) is 6.04 Å². The van der Waals surface area contributed by atoms with Crippen molar-refractivity contribution in [2.45, 2.75) is 18.9 Å². The third-order valence-corrected chi connectivity index (χ3v) is 2.44. The molecule has 0 aliphatic carbocycles. The summed E-state index contributed by atoms with van der Waals surface area (Å²) in [4.78, 5) is 23.2. The van der Waals surface area contributed by atoms with Crippen LogP contribution in [0.3, 0.4) is 0 Å². The number of hydrogen-bond donors (Lipinski definition) is 2. The zero-order chi connectivity index (χ0) is 13.4. The molecule has 1 rings (SSSR count). The van der Waals surface area contributed by atoms with Crippen molar-refractivity contribution in [1.82, 2.24) is 5.32 Å². The lowest BCUT2D eigenvalue weighted by Crippen LogP contribution is -2.34. The quantitative estimate of drug-likeness (QED) is 0.733. The monoisotopic (exact) mass is 251 g/mol. The zero-order valence-electron chi connectivity index (χ0n) is 10.3. The summed E-state index contributed by atoms with van der Waals surface area (Å²) in [6, 6.07) is 8.08. The molecule has 0 heterocycles. The molecule has 1 atom stereocenters. The molecule has 0 spiro atoms. The van der Waals surface area contributed by atoms with Gasteiger partial charge >= 0.3 is 5.97 Å². The maximum atomic E-state index is 11.6. The molecule has 1 amide bonds. The molecule has 0 aliphatic heterocycles. The number of amides is 1. The predicted molar refractivity (Wildman–Crippen MR) is 65.7 cm³/mol. The van der Waals surface area contributed by atoms with Crippen LogP contribution in [-0.2, 0) is 14.3 Å². The third kappa shape index (κ3) is 4.18. The highest BCUT2D eigenvalue weighted by atomic mass is 16.5. The first-order valence-electron chi connectivity index (χ1n) is 5.72. The van der Waals surface area contributed by atoms with Crippen LogP contribution in [0.5, 0.6) is 0 Å². The number of ether oxygens (including phenoxy) is 1. The van der Waals surface area contributed by atoms with E-state index in [1.807, 2.05) is 6.07 Å². The van der Waals surface area contributed by atoms with Gasteiger partial charge in [-0.2, -0.15) is 0 Å². The summed E-state index contributed by atoms with van der Waals surface area (Å²) in [6.07, 6.45) is 0.547. The standard InChI is InChI=1S/C13H17NO4/c1-18-13(17)12(10-6-3-2-4-7-10)14-11(16)8-5-9-15/h2-4,6-7,12,15H,5,8-9H2,1H3,(H,14,16). The summed E-state index contributed by atoms with van der Waals surface area (Å²) in [5, 5.41) is 11.2. The number of esters is 1. The fourth-order valence-corrected chi connectivity index (χ4v) is 1.51. The first-order valence-corrected chi connectivity index (χ1v) is 5.72. The summed E-state index contributed by atoms with van der Waals surface area (Å²) in [5.74, 6) is -0.804. The molecule has 0 saturated carbocycles. The Kier molecular flexibility index (Phi) is 5.87. The highest BCUT2D eigenvalue weighted by Crippen LogP contribution is 2.14. The molecule has 0 saturated heterocycles. The lowest BCUT2D eigenvalue weighted by molar-refractivity contribution is -0.145. The average molecular weight is 251 g/mol. The van der Waals surface area contributed by atoms with Crippen LogP contribution in [0.1, 0.15) is 24.4 Å². The van der Waals surface area contributed by atoms with E-state index in [1.165, 1.54) is 7.11 Å². The third-order valence-electron chi connectivity index (χ3n) is 2.44. The second-order valence-electron chi connectivity index (χ2n) is 3.76. The van der Waals surface area contributed by atoms with Gasteiger partial charge in [0.05, 0.1) is 7.11 Å². The Balaban J connectivity index is 2.74. The summed E-state index contributed by atoms with van der Waals surface area (Å²) in [5.41, 5.74) is 0.668. The van der Waals surface area contributed by atoms with Crippen molar-refractivity contribution in [3.8, 4) is 0 Å². The summed E-state index contributed by atoms with van der Waals surface area (Å²) in [6.45, 7) is -0.0539. The highest BCUT2D eigenvalue weighted by Gasteiger charge is 2.22. The largest absolute Gasteiger partial charge is 0.467 e. The fraction of sp³-hybridized carbons (Fsp3) is 0.385. The number of carbonyl (C=O) groups is 2. The van der Waals surface area contributed by atoms with E-state index in [-0.39, 0.29) is 18.9 Å². The Morgan fingerprint density at radius 1 is 1.33 bits per heavy atom. The number of nitrogens with one attached hydrogen (secondary N) is 1. The van der Waals surface area contributed by atoms with Crippen molar-refractivity contribution in [3.05, 3.63) is 35.9 Å². The van der Waals surface area contributed by atoms with E-state index in [9.17, 15) is 9.59 Å². The Morgan fingerprint density at radius 3 is 2.56 bits per heavy atom. The van der Waals surface area contributed by atoms with E-state index >= 15 is 0 Å². The molecule has 5 heteroatoms. The molecule has 0 radical (unpaired) electrons. The predicted octanol–water partition coefficient (Wildman–Crippen LogP) is 0.789. The lowest BCUT2D eigenvalue weighted by atomic mass is 10.1. The van der Waals surface area contributed by atoms with Crippen LogP contribution in [0.2, 0.25) is 0 Å². The van der Waals surface area contributed by atoms with E-state index in [1.54, 1.807) is 24.3 Å². The van der Waals surface area contributed by atoms with Gasteiger partial charge in [-0.1, -0.05) is 30.3 Å². The number of benzene rings is 1. The first-order chi connectivity index (χ1) is 8.69. The number of hydrogen-bond acceptors (Lipinski definition) is 4. The molecule has 1 aromatic carbocycles. The first kappa shape index (κ1) is 14.2. The molecule has 1 unspecified atom stereocenters. The normalized spacial score (nSPS) is 11.7. The molecule has 98 valence electrons. The Morgan fingerprint density at radius 2 is 2.00 bits per heavy atom. The minimum Gasteiger partial charge on any atom is -0.467 e. The van der Waals surface area contributed by atoms with Gasteiger partial charge in [0.2, 0.25) is 5.91 Å². The Bertz CT molecular complexity index is 391. The second kappa shape index (κ2) is 7.45. The van der Waals surface area contributed by atoms with Crippen LogP contribution < -0.4 is 5.32 Å². The van der Waals surface area contributed by atoms with Crippen LogP contribution in [0.4, 0.5) is 0 Å². The van der Waals surface area contributed by atoms with E-state index < -0.39 is 12.0 Å². The van der Waals surface area contributed by atoms with Gasteiger partial charge in [-0.3, -0.25) is 4.79 Å². The van der Waals surface area contributed by atoms with Crippen molar-refractivity contribution < 1.29 is 19.4 Å². The van der Waals surface area contributed by atoms with E-state index in [0.717, 1.165) is 0 Å². The maximum Gasteiger partial charge on any atom is 0.333 e. The number of aliphatic hydroxyl groups is 1. The van der Waals surface area contributed by atoms with Gasteiger partial charge in [-0.15, -0.1) is 0 Å². The van der Waals surface area contributed by atoms with E-state index in [2.05, 4.69) is 10.1 Å². The van der Waals surface area contributed by atoms with Crippen LogP contribution in [-0.4, -0.2) is 30.7 Å². The topological polar surface area (TPSA) is 75.6 Å². The fourth-order valence-electron chi connectivity index (χ4n) is 1.51. The summed E-state index contributed by atoms with van der Waals surface area (Å²) >= 11 is 0. The van der Waals surface area contributed by atoms with E-state index in [4.69, 9.17) is 5.11 Å². The van der Waals surface area contributed by atoms with Crippen LogP contribution in [0.15, 0.2) is 30.3 Å². The molecule has 0 aliphatic rings. The number of rotatable bonds is 6. The molecule has 0 aromatic heterocycles. The van der Waals surface area contributed by atoms with Crippen molar-refractivity contribution in [3.63, 3.8) is 0 Å². The summed E-state index contributed by atoms with van der Waals surface area (Å²) < 4.78 is 4.67. The zero-order valence-corrected chi connectivity index (χ0v) is 10.3. The van der Waals surface area contributed by atoms with Gasteiger partial charge in [0.1, 0.15) is 0 Å². The van der Waals surface area contributed by atoms with Crippen molar-refractivity contribution in [2.24, 2.45) is 0 Å². The van der Waals surface area contributed by atoms with Crippen molar-refractivity contribution in [2.75, 3.05) is 13.7 Å². The molecule has 0 bridgehead atoms. The molecule has 0 fully saturated rings.